The minimum atomic E-state index is -5.00. The van der Waals surface area contributed by atoms with Gasteiger partial charge in [-0.1, -0.05) is 26.0 Å². The van der Waals surface area contributed by atoms with Gasteiger partial charge in [0.1, 0.15) is 17.8 Å². The maximum Gasteiger partial charge on any atom is 0.573 e. The number of nitrogens with zero attached hydrogens (tertiary/aromatic N) is 3. The smallest absolute Gasteiger partial charge is 0.405 e. The Morgan fingerprint density at radius 2 is 1.71 bits per heavy atom. The number of rotatable bonds is 8. The summed E-state index contributed by atoms with van der Waals surface area (Å²) in [4.78, 5) is 57.7. The van der Waals surface area contributed by atoms with Crippen LogP contribution in [-0.2, 0) is 9.59 Å². The van der Waals surface area contributed by atoms with E-state index in [9.17, 15) is 32.3 Å². The Bertz CT molecular complexity index is 1310. The largest absolute Gasteiger partial charge is 0.573 e. The van der Waals surface area contributed by atoms with E-state index in [1.54, 1.807) is 24.3 Å². The van der Waals surface area contributed by atoms with Crippen LogP contribution in [0.1, 0.15) is 47.4 Å². The number of fused-ring (bicyclic) bond motifs is 1. The molecule has 9 nitrogen and oxygen atoms in total. The zero-order chi connectivity index (χ0) is 30.1. The zero-order valence-corrected chi connectivity index (χ0v) is 23.3. The van der Waals surface area contributed by atoms with Crippen LogP contribution in [-0.4, -0.2) is 85.0 Å². The van der Waals surface area contributed by atoms with Crippen molar-refractivity contribution < 1.29 is 37.1 Å². The molecule has 2 fully saturated rings. The van der Waals surface area contributed by atoms with Crippen molar-refractivity contribution in [3.8, 4) is 5.75 Å². The van der Waals surface area contributed by atoms with Crippen molar-refractivity contribution in [1.29, 1.82) is 0 Å². The summed E-state index contributed by atoms with van der Waals surface area (Å²) in [5.74, 6) is -2.66. The summed E-state index contributed by atoms with van der Waals surface area (Å²) in [6, 6.07) is 9.31. The van der Waals surface area contributed by atoms with E-state index in [-0.39, 0.29) is 31.0 Å². The van der Waals surface area contributed by atoms with Crippen molar-refractivity contribution in [2.45, 2.75) is 51.2 Å². The van der Waals surface area contributed by atoms with E-state index >= 15 is 0 Å². The summed E-state index contributed by atoms with van der Waals surface area (Å²) in [5.41, 5.74) is 0.962. The molecule has 1 N–H and O–H groups in total. The van der Waals surface area contributed by atoms with Gasteiger partial charge in [0.15, 0.2) is 5.78 Å². The molecule has 41 heavy (non-hydrogen) atoms. The highest BCUT2D eigenvalue weighted by Crippen LogP contribution is 2.34. The first-order chi connectivity index (χ1) is 19.3. The molecule has 2 heterocycles. The highest BCUT2D eigenvalue weighted by atomic mass is 19.4. The highest BCUT2D eigenvalue weighted by molar-refractivity contribution is 6.04. The summed E-state index contributed by atoms with van der Waals surface area (Å²) >= 11 is 0. The van der Waals surface area contributed by atoms with E-state index in [1.807, 2.05) is 32.8 Å². The number of Topliss-reactive ketones (excluding diaryl/α,β-unsaturated/α-hetero) is 1. The number of hydrogen-bond acceptors (Lipinski definition) is 6. The van der Waals surface area contributed by atoms with Crippen LogP contribution in [0.2, 0.25) is 0 Å². The molecule has 2 aromatic carbocycles. The van der Waals surface area contributed by atoms with Gasteiger partial charge in [0.25, 0.3) is 11.8 Å². The molecular weight excluding hydrogens is 541 g/mol. The minimum absolute atomic E-state index is 0.0428. The van der Waals surface area contributed by atoms with Crippen molar-refractivity contribution in [3.63, 3.8) is 0 Å². The summed E-state index contributed by atoms with van der Waals surface area (Å²) < 4.78 is 42.8. The molecule has 2 aliphatic rings. The van der Waals surface area contributed by atoms with Crippen molar-refractivity contribution >= 4 is 29.2 Å². The maximum atomic E-state index is 13.7. The van der Waals surface area contributed by atoms with E-state index in [0.29, 0.717) is 12.0 Å². The van der Waals surface area contributed by atoms with Crippen LogP contribution < -0.4 is 15.0 Å². The number of ether oxygens (including phenoxy) is 1. The van der Waals surface area contributed by atoms with Crippen LogP contribution in [0.15, 0.2) is 48.5 Å². The van der Waals surface area contributed by atoms with E-state index in [4.69, 9.17) is 0 Å². The lowest BCUT2D eigenvalue weighted by Gasteiger charge is -2.29. The van der Waals surface area contributed by atoms with Gasteiger partial charge in [-0.15, -0.1) is 13.2 Å². The van der Waals surface area contributed by atoms with Crippen molar-refractivity contribution in [2.24, 2.45) is 5.92 Å². The molecular formula is C29H33F3N4O5. The number of para-hydroxylation sites is 1. The molecule has 2 aliphatic heterocycles. The molecule has 0 aliphatic carbocycles. The number of carbonyl (C=O) groups excluding carboxylic acids is 4. The molecule has 0 unspecified atom stereocenters. The molecule has 0 spiro atoms. The first-order valence-electron chi connectivity index (χ1n) is 13.3. The van der Waals surface area contributed by atoms with Crippen LogP contribution in [0.3, 0.4) is 0 Å². The van der Waals surface area contributed by atoms with Crippen molar-refractivity contribution in [2.75, 3.05) is 32.1 Å². The lowest BCUT2D eigenvalue weighted by molar-refractivity contribution is -0.274. The highest BCUT2D eigenvalue weighted by Gasteiger charge is 2.52. The fraction of sp³-hybridized carbons (Fsp3) is 0.448. The second kappa shape index (κ2) is 11.8. The Kier molecular flexibility index (Phi) is 8.60. The van der Waals surface area contributed by atoms with Crippen molar-refractivity contribution in [1.82, 2.24) is 15.1 Å². The van der Waals surface area contributed by atoms with Gasteiger partial charge in [0.05, 0.1) is 18.2 Å². The van der Waals surface area contributed by atoms with Gasteiger partial charge in [-0.3, -0.25) is 19.2 Å². The third kappa shape index (κ3) is 6.63. The number of amides is 3. The molecule has 0 radical (unpaired) electrons. The van der Waals surface area contributed by atoms with Crippen molar-refractivity contribution in [3.05, 3.63) is 59.7 Å². The van der Waals surface area contributed by atoms with E-state index in [0.717, 1.165) is 11.8 Å². The summed E-state index contributed by atoms with van der Waals surface area (Å²) in [7, 11) is 3.76. The Hall–Kier alpha value is -4.09. The van der Waals surface area contributed by atoms with Crippen LogP contribution in [0, 0.1) is 5.92 Å². The number of alkyl halides is 3. The summed E-state index contributed by atoms with van der Waals surface area (Å²) in [6.07, 6.45) is -4.40. The predicted octanol–water partition coefficient (Wildman–Crippen LogP) is 3.49. The van der Waals surface area contributed by atoms with Crippen LogP contribution >= 0.6 is 0 Å². The molecule has 0 bridgehead atoms. The number of hydrogen-bond donors (Lipinski definition) is 1. The van der Waals surface area contributed by atoms with Gasteiger partial charge >= 0.3 is 6.36 Å². The Morgan fingerprint density at radius 1 is 1.05 bits per heavy atom. The molecule has 0 saturated carbocycles. The van der Waals surface area contributed by atoms with Gasteiger partial charge in [-0.2, -0.15) is 0 Å². The fourth-order valence-corrected chi connectivity index (χ4v) is 5.40. The SMILES string of the molecule is CC(C)C[C@H](NC(=O)c1ccc(N(C)C)cc1)C(=O)N1CC[C@@H]2[C@H]1C(=O)CN2C(=O)c1ccccc1OC(F)(F)F. The molecule has 12 heteroatoms. The lowest BCUT2D eigenvalue weighted by Crippen LogP contribution is -2.53. The number of carbonyl (C=O) groups is 4. The summed E-state index contributed by atoms with van der Waals surface area (Å²) in [6.45, 7) is 3.63. The number of anilines is 1. The first kappa shape index (κ1) is 29.9. The average Bonchev–Trinajstić information content (AvgIpc) is 3.48. The fourth-order valence-electron chi connectivity index (χ4n) is 5.40. The Morgan fingerprint density at radius 3 is 2.32 bits per heavy atom. The molecule has 4 rings (SSSR count). The molecule has 220 valence electrons. The van der Waals surface area contributed by atoms with Crippen LogP contribution in [0.25, 0.3) is 0 Å². The van der Waals surface area contributed by atoms with Gasteiger partial charge in [-0.25, -0.2) is 0 Å². The van der Waals surface area contributed by atoms with E-state index in [1.165, 1.54) is 28.0 Å². The topological polar surface area (TPSA) is 99.3 Å². The standard InChI is InChI=1S/C29H33F3N4O5/c1-17(2)15-21(33-26(38)18-9-11-19(12-10-18)34(3)4)28(40)35-14-13-22-25(35)23(37)16-36(22)27(39)20-7-5-6-8-24(20)41-29(30,31)32/h5-12,17,21-22,25H,13-16H2,1-4H3,(H,33,38)/t21-,22+,25-/m0/s1. The quantitative estimate of drug-likeness (QED) is 0.519. The van der Waals surface area contributed by atoms with E-state index in [2.05, 4.69) is 10.1 Å². The second-order valence-corrected chi connectivity index (χ2v) is 10.9. The molecule has 3 amide bonds. The summed E-state index contributed by atoms with van der Waals surface area (Å²) in [5, 5.41) is 2.82. The number of ketones is 1. The minimum Gasteiger partial charge on any atom is -0.405 e. The number of benzene rings is 2. The Labute approximate surface area is 236 Å². The zero-order valence-electron chi connectivity index (χ0n) is 23.3. The number of halogens is 3. The third-order valence-corrected chi connectivity index (χ3v) is 7.27. The van der Waals surface area contributed by atoms with Crippen LogP contribution in [0.4, 0.5) is 18.9 Å². The normalized spacial score (nSPS) is 19.3. The molecule has 0 aromatic heterocycles. The number of likely N-dealkylation sites (tertiary alicyclic amines) is 2. The van der Waals surface area contributed by atoms with Gasteiger partial charge in [0, 0.05) is 31.9 Å². The van der Waals surface area contributed by atoms with Crippen LogP contribution in [0.5, 0.6) is 5.75 Å². The Balaban J connectivity index is 1.52. The second-order valence-electron chi connectivity index (χ2n) is 10.9. The van der Waals surface area contributed by atoms with Gasteiger partial charge in [-0.05, 0) is 55.2 Å². The van der Waals surface area contributed by atoms with E-state index < -0.39 is 53.7 Å². The molecule has 3 atom stereocenters. The molecule has 2 saturated heterocycles. The van der Waals surface area contributed by atoms with Gasteiger partial charge < -0.3 is 24.8 Å². The molecule has 2 aromatic rings. The lowest BCUT2D eigenvalue weighted by atomic mass is 10.0. The van der Waals surface area contributed by atoms with Gasteiger partial charge in [0.2, 0.25) is 5.91 Å². The maximum absolute atomic E-state index is 13.7. The third-order valence-electron chi connectivity index (χ3n) is 7.27. The average molecular weight is 575 g/mol. The monoisotopic (exact) mass is 574 g/mol. The number of nitrogens with one attached hydrogen (secondary N) is 1. The predicted molar refractivity (Wildman–Crippen MR) is 145 cm³/mol. The first-order valence-corrected chi connectivity index (χ1v) is 13.3.